The van der Waals surface area contributed by atoms with Crippen molar-refractivity contribution in [3.63, 3.8) is 0 Å². The number of para-hydroxylation sites is 1. The number of benzene rings is 2. The van der Waals surface area contributed by atoms with Crippen molar-refractivity contribution in [3.05, 3.63) is 71.8 Å². The number of hydrogen-bond acceptors (Lipinski definition) is 3. The molecule has 1 N–H and O–H groups in total. The molecule has 2 aromatic carbocycles. The smallest absolute Gasteiger partial charge is 0.147 e. The minimum Gasteiger partial charge on any atom is -0.261 e. The van der Waals surface area contributed by atoms with E-state index < -0.39 is 0 Å². The summed E-state index contributed by atoms with van der Waals surface area (Å²) in [4.78, 5) is 4.54. The molecule has 0 aliphatic heterocycles. The number of fused-ring (bicyclic) bond motifs is 1. The van der Waals surface area contributed by atoms with Crippen molar-refractivity contribution in [1.82, 2.24) is 4.98 Å². The number of rotatable bonds is 3. The molecule has 0 fully saturated rings. The molecule has 0 radical (unpaired) electrons. The van der Waals surface area contributed by atoms with E-state index in [2.05, 4.69) is 28.5 Å². The molecule has 3 aromatic rings. The first kappa shape index (κ1) is 12.4. The van der Waals surface area contributed by atoms with Crippen molar-refractivity contribution in [1.29, 1.82) is 0 Å². The second-order valence-electron chi connectivity index (χ2n) is 4.62. The Hall–Kier alpha value is -2.68. The summed E-state index contributed by atoms with van der Waals surface area (Å²) in [6.45, 7) is 2.08. The minimum absolute atomic E-state index is 0.758. The standard InChI is InChI=1S/C17H15N3/c1-13-11-17(19-16-10-6-5-9-15(13)16)20-18-12-14-7-3-2-4-8-14/h2-12H,1H3,(H,19,20). The average molecular weight is 261 g/mol. The number of nitrogens with one attached hydrogen (secondary N) is 1. The van der Waals surface area contributed by atoms with Gasteiger partial charge < -0.3 is 0 Å². The predicted molar refractivity (Wildman–Crippen MR) is 84.1 cm³/mol. The summed E-state index contributed by atoms with van der Waals surface area (Å²) in [6, 6.07) is 20.1. The van der Waals surface area contributed by atoms with Gasteiger partial charge in [-0.05, 0) is 30.2 Å². The van der Waals surface area contributed by atoms with Crippen LogP contribution in [0, 0.1) is 6.92 Å². The number of aryl methyl sites for hydroxylation is 1. The molecular weight excluding hydrogens is 246 g/mol. The number of aromatic nitrogens is 1. The third kappa shape index (κ3) is 2.67. The molecule has 0 saturated carbocycles. The minimum atomic E-state index is 0.758. The van der Waals surface area contributed by atoms with E-state index in [0.717, 1.165) is 16.9 Å². The van der Waals surface area contributed by atoms with Crippen molar-refractivity contribution < 1.29 is 0 Å². The van der Waals surface area contributed by atoms with Gasteiger partial charge in [0.05, 0.1) is 11.7 Å². The highest BCUT2D eigenvalue weighted by Crippen LogP contribution is 2.19. The molecule has 3 rings (SSSR count). The fraction of sp³-hybridized carbons (Fsp3) is 0.0588. The normalized spacial score (nSPS) is 11.1. The van der Waals surface area contributed by atoms with Crippen LogP contribution in [0.3, 0.4) is 0 Å². The highest BCUT2D eigenvalue weighted by molar-refractivity contribution is 5.84. The fourth-order valence-corrected chi connectivity index (χ4v) is 2.12. The molecule has 3 heteroatoms. The van der Waals surface area contributed by atoms with Crippen LogP contribution in [0.4, 0.5) is 5.82 Å². The van der Waals surface area contributed by atoms with E-state index in [-0.39, 0.29) is 0 Å². The summed E-state index contributed by atoms with van der Waals surface area (Å²) in [7, 11) is 0. The Morgan fingerprint density at radius 2 is 1.75 bits per heavy atom. The third-order valence-corrected chi connectivity index (χ3v) is 3.12. The van der Waals surface area contributed by atoms with Gasteiger partial charge in [0.25, 0.3) is 0 Å². The van der Waals surface area contributed by atoms with Crippen LogP contribution in [0.5, 0.6) is 0 Å². The third-order valence-electron chi connectivity index (χ3n) is 3.12. The lowest BCUT2D eigenvalue weighted by Crippen LogP contribution is -1.95. The molecule has 0 atom stereocenters. The SMILES string of the molecule is Cc1cc(NN=Cc2ccccc2)nc2ccccc12. The largest absolute Gasteiger partial charge is 0.261 e. The van der Waals surface area contributed by atoms with E-state index in [0.29, 0.717) is 0 Å². The lowest BCUT2D eigenvalue weighted by Gasteiger charge is -2.05. The highest BCUT2D eigenvalue weighted by atomic mass is 15.3. The molecule has 0 aliphatic carbocycles. The van der Waals surface area contributed by atoms with Crippen LogP contribution in [0.2, 0.25) is 0 Å². The molecule has 3 nitrogen and oxygen atoms in total. The lowest BCUT2D eigenvalue weighted by atomic mass is 10.1. The van der Waals surface area contributed by atoms with Gasteiger partial charge in [0, 0.05) is 5.39 Å². The summed E-state index contributed by atoms with van der Waals surface area (Å²) >= 11 is 0. The highest BCUT2D eigenvalue weighted by Gasteiger charge is 2.00. The molecule has 0 bridgehead atoms. The second kappa shape index (κ2) is 5.53. The maximum Gasteiger partial charge on any atom is 0.147 e. The van der Waals surface area contributed by atoms with Gasteiger partial charge in [0.2, 0.25) is 0 Å². The summed E-state index contributed by atoms with van der Waals surface area (Å²) in [6.07, 6.45) is 1.78. The number of hydrogen-bond donors (Lipinski definition) is 1. The van der Waals surface area contributed by atoms with Crippen molar-refractivity contribution in [2.75, 3.05) is 5.43 Å². The van der Waals surface area contributed by atoms with Crippen LogP contribution < -0.4 is 5.43 Å². The molecule has 1 aromatic heterocycles. The summed E-state index contributed by atoms with van der Waals surface area (Å²) in [5.41, 5.74) is 6.20. The van der Waals surface area contributed by atoms with Gasteiger partial charge in [0.1, 0.15) is 5.82 Å². The van der Waals surface area contributed by atoms with Gasteiger partial charge in [-0.2, -0.15) is 5.10 Å². The summed E-state index contributed by atoms with van der Waals surface area (Å²) in [5, 5.41) is 5.39. The molecule has 0 saturated heterocycles. The zero-order valence-corrected chi connectivity index (χ0v) is 11.2. The van der Waals surface area contributed by atoms with Crippen LogP contribution >= 0.6 is 0 Å². The number of pyridine rings is 1. The van der Waals surface area contributed by atoms with E-state index in [9.17, 15) is 0 Å². The lowest BCUT2D eigenvalue weighted by molar-refractivity contribution is 1.25. The molecule has 1 heterocycles. The van der Waals surface area contributed by atoms with Crippen molar-refractivity contribution in [3.8, 4) is 0 Å². The van der Waals surface area contributed by atoms with Gasteiger partial charge >= 0.3 is 0 Å². The Labute approximate surface area is 118 Å². The molecule has 98 valence electrons. The van der Waals surface area contributed by atoms with Crippen molar-refractivity contribution >= 4 is 22.9 Å². The van der Waals surface area contributed by atoms with E-state index in [1.807, 2.05) is 54.6 Å². The Kier molecular flexibility index (Phi) is 3.42. The van der Waals surface area contributed by atoms with Crippen LogP contribution in [-0.4, -0.2) is 11.2 Å². The monoisotopic (exact) mass is 261 g/mol. The quantitative estimate of drug-likeness (QED) is 0.571. The van der Waals surface area contributed by atoms with Crippen LogP contribution in [0.15, 0.2) is 65.8 Å². The zero-order chi connectivity index (χ0) is 13.8. The Morgan fingerprint density at radius 1 is 1.00 bits per heavy atom. The van der Waals surface area contributed by atoms with Gasteiger partial charge in [-0.3, -0.25) is 5.43 Å². The Morgan fingerprint density at radius 3 is 2.60 bits per heavy atom. The number of nitrogens with zero attached hydrogens (tertiary/aromatic N) is 2. The first-order valence-corrected chi connectivity index (χ1v) is 6.53. The Bertz CT molecular complexity index is 749. The van der Waals surface area contributed by atoms with Gasteiger partial charge in [0.15, 0.2) is 0 Å². The number of anilines is 1. The van der Waals surface area contributed by atoms with Crippen molar-refractivity contribution in [2.45, 2.75) is 6.92 Å². The molecule has 0 spiro atoms. The molecule has 0 unspecified atom stereocenters. The first-order valence-electron chi connectivity index (χ1n) is 6.53. The zero-order valence-electron chi connectivity index (χ0n) is 11.2. The van der Waals surface area contributed by atoms with Gasteiger partial charge in [-0.25, -0.2) is 4.98 Å². The van der Waals surface area contributed by atoms with E-state index in [1.165, 1.54) is 10.9 Å². The maximum atomic E-state index is 4.54. The van der Waals surface area contributed by atoms with E-state index in [4.69, 9.17) is 0 Å². The van der Waals surface area contributed by atoms with Crippen LogP contribution in [-0.2, 0) is 0 Å². The fourth-order valence-electron chi connectivity index (χ4n) is 2.12. The average Bonchev–Trinajstić information content (AvgIpc) is 2.48. The van der Waals surface area contributed by atoms with Gasteiger partial charge in [-0.1, -0.05) is 48.5 Å². The molecular formula is C17H15N3. The molecule has 0 amide bonds. The topological polar surface area (TPSA) is 37.3 Å². The maximum absolute atomic E-state index is 4.54. The van der Waals surface area contributed by atoms with Crippen molar-refractivity contribution in [2.24, 2.45) is 5.10 Å². The predicted octanol–water partition coefficient (Wildman–Crippen LogP) is 3.99. The van der Waals surface area contributed by atoms with E-state index in [1.54, 1.807) is 6.21 Å². The van der Waals surface area contributed by atoms with E-state index >= 15 is 0 Å². The second-order valence-corrected chi connectivity index (χ2v) is 4.62. The molecule has 0 aliphatic rings. The summed E-state index contributed by atoms with van der Waals surface area (Å²) in [5.74, 6) is 0.758. The summed E-state index contributed by atoms with van der Waals surface area (Å²) < 4.78 is 0. The first-order chi connectivity index (χ1) is 9.83. The number of hydrazone groups is 1. The Balaban J connectivity index is 1.83. The van der Waals surface area contributed by atoms with Gasteiger partial charge in [-0.15, -0.1) is 0 Å². The van der Waals surface area contributed by atoms with Crippen LogP contribution in [0.25, 0.3) is 10.9 Å². The molecule has 20 heavy (non-hydrogen) atoms. The van der Waals surface area contributed by atoms with Crippen LogP contribution in [0.1, 0.15) is 11.1 Å².